The number of hydrogen-bond donors (Lipinski definition) is 1. The minimum absolute atomic E-state index is 0.0402. The SMILES string of the molecule is COc1cc(C(=O)OCC(=O)NCC2CCCO2)c([N+](=O)[O-])cc1OC. The van der Waals surface area contributed by atoms with Crippen molar-refractivity contribution in [1.29, 1.82) is 0 Å². The van der Waals surface area contributed by atoms with Crippen molar-refractivity contribution in [1.82, 2.24) is 5.32 Å². The van der Waals surface area contributed by atoms with Crippen LogP contribution in [0.5, 0.6) is 11.5 Å². The van der Waals surface area contributed by atoms with Gasteiger partial charge in [-0.1, -0.05) is 0 Å². The highest BCUT2D eigenvalue weighted by Crippen LogP contribution is 2.34. The Labute approximate surface area is 149 Å². The van der Waals surface area contributed by atoms with Crippen molar-refractivity contribution < 1.29 is 33.5 Å². The zero-order valence-electron chi connectivity index (χ0n) is 14.5. The highest BCUT2D eigenvalue weighted by molar-refractivity contribution is 5.96. The van der Waals surface area contributed by atoms with E-state index < -0.39 is 29.1 Å². The van der Waals surface area contributed by atoms with Crippen molar-refractivity contribution >= 4 is 17.6 Å². The van der Waals surface area contributed by atoms with Gasteiger partial charge in [0.25, 0.3) is 11.6 Å². The minimum atomic E-state index is -1.01. The van der Waals surface area contributed by atoms with Gasteiger partial charge in [0.1, 0.15) is 5.56 Å². The average molecular weight is 368 g/mol. The van der Waals surface area contributed by atoms with Crippen LogP contribution in [-0.4, -0.2) is 56.9 Å². The van der Waals surface area contributed by atoms with Gasteiger partial charge in [-0.15, -0.1) is 0 Å². The van der Waals surface area contributed by atoms with Crippen LogP contribution in [0.4, 0.5) is 5.69 Å². The summed E-state index contributed by atoms with van der Waals surface area (Å²) in [6.45, 7) is 0.433. The summed E-state index contributed by atoms with van der Waals surface area (Å²) >= 11 is 0. The molecular formula is C16H20N2O8. The maximum Gasteiger partial charge on any atom is 0.345 e. The molecule has 1 N–H and O–H groups in total. The second-order valence-electron chi connectivity index (χ2n) is 5.50. The zero-order chi connectivity index (χ0) is 19.1. The Morgan fingerprint density at radius 3 is 2.58 bits per heavy atom. The molecule has 1 aromatic rings. The van der Waals surface area contributed by atoms with Crippen LogP contribution >= 0.6 is 0 Å². The second kappa shape index (κ2) is 8.99. The first kappa shape index (κ1) is 19.4. The van der Waals surface area contributed by atoms with Crippen molar-refractivity contribution in [2.75, 3.05) is 34.0 Å². The largest absolute Gasteiger partial charge is 0.493 e. The van der Waals surface area contributed by atoms with Gasteiger partial charge in [0.15, 0.2) is 18.1 Å². The molecule has 10 nitrogen and oxygen atoms in total. The molecule has 142 valence electrons. The van der Waals surface area contributed by atoms with Crippen LogP contribution in [-0.2, 0) is 14.3 Å². The summed E-state index contributed by atoms with van der Waals surface area (Å²) in [5.74, 6) is -1.29. The Hall–Kier alpha value is -2.88. The molecule has 2 rings (SSSR count). The standard InChI is InChI=1S/C16H20N2O8/c1-23-13-6-11(12(18(21)22)7-14(13)24-2)16(20)26-9-15(19)17-8-10-4-3-5-25-10/h6-7,10H,3-5,8-9H2,1-2H3,(H,17,19). The second-order valence-corrected chi connectivity index (χ2v) is 5.50. The molecule has 1 aliphatic rings. The molecule has 0 spiro atoms. The monoisotopic (exact) mass is 368 g/mol. The van der Waals surface area contributed by atoms with Crippen molar-refractivity contribution in [2.45, 2.75) is 18.9 Å². The van der Waals surface area contributed by atoms with Gasteiger partial charge < -0.3 is 24.3 Å². The van der Waals surface area contributed by atoms with E-state index in [9.17, 15) is 19.7 Å². The van der Waals surface area contributed by atoms with E-state index in [1.54, 1.807) is 0 Å². The highest BCUT2D eigenvalue weighted by Gasteiger charge is 2.26. The lowest BCUT2D eigenvalue weighted by atomic mass is 10.1. The fourth-order valence-electron chi connectivity index (χ4n) is 2.48. The van der Waals surface area contributed by atoms with Gasteiger partial charge in [0, 0.05) is 19.2 Å². The number of nitrogens with zero attached hydrogens (tertiary/aromatic N) is 1. The Morgan fingerprint density at radius 2 is 2.00 bits per heavy atom. The summed E-state index contributed by atoms with van der Waals surface area (Å²) in [4.78, 5) is 34.4. The molecule has 1 aliphatic heterocycles. The van der Waals surface area contributed by atoms with E-state index in [1.165, 1.54) is 14.2 Å². The number of nitrogens with one attached hydrogen (secondary N) is 1. The summed E-state index contributed by atoms with van der Waals surface area (Å²) < 4.78 is 20.3. The van der Waals surface area contributed by atoms with Crippen molar-refractivity contribution in [2.24, 2.45) is 0 Å². The van der Waals surface area contributed by atoms with Crippen LogP contribution in [0.25, 0.3) is 0 Å². The molecule has 0 radical (unpaired) electrons. The lowest BCUT2D eigenvalue weighted by Gasteiger charge is -2.12. The van der Waals surface area contributed by atoms with Crippen LogP contribution in [0.2, 0.25) is 0 Å². The molecule has 0 bridgehead atoms. The minimum Gasteiger partial charge on any atom is -0.493 e. The quantitative estimate of drug-likeness (QED) is 0.410. The van der Waals surface area contributed by atoms with E-state index >= 15 is 0 Å². The molecule has 1 aromatic carbocycles. The van der Waals surface area contributed by atoms with E-state index in [1.807, 2.05) is 0 Å². The Morgan fingerprint density at radius 1 is 1.31 bits per heavy atom. The number of amides is 1. The zero-order valence-corrected chi connectivity index (χ0v) is 14.5. The summed E-state index contributed by atoms with van der Waals surface area (Å²) in [5.41, 5.74) is -0.841. The average Bonchev–Trinajstić information content (AvgIpc) is 3.16. The fraction of sp³-hybridized carbons (Fsp3) is 0.500. The number of nitro benzene ring substituents is 1. The van der Waals surface area contributed by atoms with Crippen molar-refractivity contribution in [3.63, 3.8) is 0 Å². The van der Waals surface area contributed by atoms with E-state index in [0.29, 0.717) is 13.2 Å². The van der Waals surface area contributed by atoms with Gasteiger partial charge in [-0.25, -0.2) is 4.79 Å². The normalized spacial score (nSPS) is 16.0. The summed E-state index contributed by atoms with van der Waals surface area (Å²) in [6.07, 6.45) is 1.76. The van der Waals surface area contributed by atoms with Gasteiger partial charge in [-0.3, -0.25) is 14.9 Å². The predicted molar refractivity (Wildman–Crippen MR) is 88.5 cm³/mol. The molecule has 1 saturated heterocycles. The first-order chi connectivity index (χ1) is 12.5. The Kier molecular flexibility index (Phi) is 6.73. The number of rotatable bonds is 8. The summed E-state index contributed by atoms with van der Waals surface area (Å²) in [7, 11) is 2.65. The number of nitro groups is 1. The molecule has 0 aromatic heterocycles. The van der Waals surface area contributed by atoms with Crippen LogP contribution < -0.4 is 14.8 Å². The Balaban J connectivity index is 2.01. The topological polar surface area (TPSA) is 126 Å². The van der Waals surface area contributed by atoms with E-state index in [2.05, 4.69) is 5.32 Å². The number of hydrogen-bond acceptors (Lipinski definition) is 8. The number of carbonyl (C=O) groups excluding carboxylic acids is 2. The molecule has 1 atom stereocenters. The highest BCUT2D eigenvalue weighted by atomic mass is 16.6. The summed E-state index contributed by atoms with van der Waals surface area (Å²) in [5, 5.41) is 13.8. The van der Waals surface area contributed by atoms with Crippen LogP contribution in [0.3, 0.4) is 0 Å². The number of esters is 1. The van der Waals surface area contributed by atoms with Gasteiger partial charge in [0.05, 0.1) is 31.3 Å². The van der Waals surface area contributed by atoms with Gasteiger partial charge >= 0.3 is 5.97 Å². The van der Waals surface area contributed by atoms with Crippen molar-refractivity contribution in [3.05, 3.63) is 27.8 Å². The van der Waals surface area contributed by atoms with E-state index in [0.717, 1.165) is 25.0 Å². The van der Waals surface area contributed by atoms with Crippen molar-refractivity contribution in [3.8, 4) is 11.5 Å². The smallest absolute Gasteiger partial charge is 0.345 e. The third kappa shape index (κ3) is 4.82. The van der Waals surface area contributed by atoms with Crippen LogP contribution in [0.1, 0.15) is 23.2 Å². The Bertz CT molecular complexity index is 685. The van der Waals surface area contributed by atoms with Gasteiger partial charge in [-0.05, 0) is 12.8 Å². The molecule has 10 heteroatoms. The van der Waals surface area contributed by atoms with E-state index in [4.69, 9.17) is 18.9 Å². The first-order valence-electron chi connectivity index (χ1n) is 7.92. The van der Waals surface area contributed by atoms with Crippen LogP contribution in [0, 0.1) is 10.1 Å². The number of carbonyl (C=O) groups is 2. The maximum atomic E-state index is 12.2. The first-order valence-corrected chi connectivity index (χ1v) is 7.92. The number of methoxy groups -OCH3 is 2. The summed E-state index contributed by atoms with van der Waals surface area (Å²) in [6, 6.07) is 2.20. The molecule has 1 unspecified atom stereocenters. The lowest BCUT2D eigenvalue weighted by Crippen LogP contribution is -2.34. The molecule has 0 saturated carbocycles. The van der Waals surface area contributed by atoms with Gasteiger partial charge in [-0.2, -0.15) is 0 Å². The third-order valence-corrected chi connectivity index (χ3v) is 3.80. The van der Waals surface area contributed by atoms with Gasteiger partial charge in [0.2, 0.25) is 0 Å². The molecule has 0 aliphatic carbocycles. The fourth-order valence-corrected chi connectivity index (χ4v) is 2.48. The molecule has 1 amide bonds. The van der Waals surface area contributed by atoms with E-state index in [-0.39, 0.29) is 23.2 Å². The number of benzene rings is 1. The molecule has 26 heavy (non-hydrogen) atoms. The molecular weight excluding hydrogens is 348 g/mol. The lowest BCUT2D eigenvalue weighted by molar-refractivity contribution is -0.385. The predicted octanol–water partition coefficient (Wildman–Crippen LogP) is 1.06. The number of ether oxygens (including phenoxy) is 4. The molecule has 1 fully saturated rings. The van der Waals surface area contributed by atoms with Crippen LogP contribution in [0.15, 0.2) is 12.1 Å². The molecule has 1 heterocycles. The third-order valence-electron chi connectivity index (χ3n) is 3.80. The maximum absolute atomic E-state index is 12.2.